The number of benzene rings is 1. The normalized spacial score (nSPS) is 11.7. The van der Waals surface area contributed by atoms with Gasteiger partial charge >= 0.3 is 0 Å². The second-order valence-electron chi connectivity index (χ2n) is 4.29. The van der Waals surface area contributed by atoms with Crippen molar-refractivity contribution in [2.45, 2.75) is 13.8 Å². The van der Waals surface area contributed by atoms with E-state index in [1.807, 2.05) is 0 Å². The van der Waals surface area contributed by atoms with Crippen LogP contribution >= 0.6 is 0 Å². The van der Waals surface area contributed by atoms with Gasteiger partial charge in [0.25, 0.3) is 0 Å². The predicted octanol–water partition coefficient (Wildman–Crippen LogP) is 3.28. The lowest BCUT2D eigenvalue weighted by molar-refractivity contribution is 1.01. The Morgan fingerprint density at radius 2 is 1.87 bits per heavy atom. The molecule has 0 bridgehead atoms. The zero-order valence-corrected chi connectivity index (χ0v) is 9.26. The summed E-state index contributed by atoms with van der Waals surface area (Å²) in [4.78, 5) is 3.42. The first-order valence-corrected chi connectivity index (χ1v) is 5.21. The van der Waals surface area contributed by atoms with E-state index in [0.717, 1.165) is 0 Å². The summed E-state index contributed by atoms with van der Waals surface area (Å²) in [6.07, 6.45) is 0. The molecule has 3 aromatic rings. The number of aromatic amines is 1. The lowest BCUT2D eigenvalue weighted by atomic mass is 10.2. The van der Waals surface area contributed by atoms with Crippen LogP contribution in [0.5, 0.6) is 0 Å². The zero-order chi connectivity index (χ0) is 10.6. The van der Waals surface area contributed by atoms with Gasteiger partial charge in [0, 0.05) is 18.1 Å². The van der Waals surface area contributed by atoms with Gasteiger partial charge < -0.3 is 9.55 Å². The first kappa shape index (κ1) is 8.60. The second-order valence-corrected chi connectivity index (χ2v) is 4.29. The molecule has 0 aliphatic heterocycles. The standard InChI is InChI=1S/C13H14N2/c1-8-4-5-10-11(6-8)15(3)12-7-9(2)14-13(10)12/h4-7,14H,1-3H3. The van der Waals surface area contributed by atoms with Gasteiger partial charge in [-0.15, -0.1) is 0 Å². The van der Waals surface area contributed by atoms with E-state index >= 15 is 0 Å². The quantitative estimate of drug-likeness (QED) is 0.572. The highest BCUT2D eigenvalue weighted by Gasteiger charge is 2.09. The SMILES string of the molecule is Cc1ccc2c3[nH]c(C)cc3n(C)c2c1. The van der Waals surface area contributed by atoms with Gasteiger partial charge in [-0.3, -0.25) is 0 Å². The molecule has 0 saturated heterocycles. The van der Waals surface area contributed by atoms with E-state index in [4.69, 9.17) is 0 Å². The van der Waals surface area contributed by atoms with Crippen molar-refractivity contribution in [3.63, 3.8) is 0 Å². The fourth-order valence-corrected chi connectivity index (χ4v) is 2.30. The Kier molecular flexibility index (Phi) is 1.52. The van der Waals surface area contributed by atoms with Gasteiger partial charge in [0.15, 0.2) is 0 Å². The third kappa shape index (κ3) is 1.05. The Bertz CT molecular complexity index is 656. The molecular weight excluding hydrogens is 184 g/mol. The largest absolute Gasteiger partial charge is 0.357 e. The van der Waals surface area contributed by atoms with Crippen molar-refractivity contribution in [2.75, 3.05) is 0 Å². The van der Waals surface area contributed by atoms with Crippen LogP contribution in [0, 0.1) is 13.8 Å². The summed E-state index contributed by atoms with van der Waals surface area (Å²) in [5.74, 6) is 0. The van der Waals surface area contributed by atoms with Crippen LogP contribution in [-0.2, 0) is 7.05 Å². The van der Waals surface area contributed by atoms with E-state index in [9.17, 15) is 0 Å². The van der Waals surface area contributed by atoms with Crippen molar-refractivity contribution in [1.29, 1.82) is 0 Å². The molecule has 0 fully saturated rings. The molecule has 0 unspecified atom stereocenters. The number of hydrogen-bond donors (Lipinski definition) is 1. The zero-order valence-electron chi connectivity index (χ0n) is 9.26. The van der Waals surface area contributed by atoms with Crippen LogP contribution in [0.2, 0.25) is 0 Å². The van der Waals surface area contributed by atoms with Crippen LogP contribution in [0.3, 0.4) is 0 Å². The minimum atomic E-state index is 1.22. The molecule has 0 saturated carbocycles. The maximum atomic E-state index is 3.42. The third-order valence-corrected chi connectivity index (χ3v) is 3.08. The number of aromatic nitrogens is 2. The van der Waals surface area contributed by atoms with Crippen LogP contribution in [0.4, 0.5) is 0 Å². The Morgan fingerprint density at radius 1 is 1.07 bits per heavy atom. The smallest absolute Gasteiger partial charge is 0.0718 e. The third-order valence-electron chi connectivity index (χ3n) is 3.08. The summed E-state index contributed by atoms with van der Waals surface area (Å²) in [5.41, 5.74) is 6.37. The van der Waals surface area contributed by atoms with Crippen molar-refractivity contribution in [1.82, 2.24) is 9.55 Å². The van der Waals surface area contributed by atoms with Crippen LogP contribution in [-0.4, -0.2) is 9.55 Å². The molecule has 1 aromatic carbocycles. The molecule has 2 aromatic heterocycles. The van der Waals surface area contributed by atoms with Gasteiger partial charge in [0.05, 0.1) is 16.6 Å². The lowest BCUT2D eigenvalue weighted by Crippen LogP contribution is -1.86. The van der Waals surface area contributed by atoms with Crippen molar-refractivity contribution in [3.05, 3.63) is 35.5 Å². The molecule has 0 atom stereocenters. The van der Waals surface area contributed by atoms with E-state index in [1.54, 1.807) is 0 Å². The maximum Gasteiger partial charge on any atom is 0.0718 e. The van der Waals surface area contributed by atoms with E-state index in [1.165, 1.54) is 33.2 Å². The number of fused-ring (bicyclic) bond motifs is 3. The summed E-state index contributed by atoms with van der Waals surface area (Å²) in [7, 11) is 2.12. The first-order chi connectivity index (χ1) is 7.16. The maximum absolute atomic E-state index is 3.42. The van der Waals surface area contributed by atoms with Crippen LogP contribution in [0.1, 0.15) is 11.3 Å². The molecule has 0 aliphatic carbocycles. The van der Waals surface area contributed by atoms with Crippen molar-refractivity contribution >= 4 is 21.9 Å². The number of rotatable bonds is 0. The van der Waals surface area contributed by atoms with Gasteiger partial charge in [-0.25, -0.2) is 0 Å². The lowest BCUT2D eigenvalue weighted by Gasteiger charge is -1.98. The molecular formula is C13H14N2. The van der Waals surface area contributed by atoms with Crippen molar-refractivity contribution in [2.24, 2.45) is 7.05 Å². The Balaban J connectivity index is 2.59. The van der Waals surface area contributed by atoms with E-state index in [0.29, 0.717) is 0 Å². The molecule has 2 heteroatoms. The van der Waals surface area contributed by atoms with Crippen molar-refractivity contribution in [3.8, 4) is 0 Å². The number of nitrogens with zero attached hydrogens (tertiary/aromatic N) is 1. The summed E-state index contributed by atoms with van der Waals surface area (Å²) in [6, 6.07) is 8.80. The first-order valence-electron chi connectivity index (χ1n) is 5.21. The predicted molar refractivity (Wildman–Crippen MR) is 64.2 cm³/mol. The molecule has 0 aliphatic rings. The Morgan fingerprint density at radius 3 is 2.67 bits per heavy atom. The minimum absolute atomic E-state index is 1.22. The van der Waals surface area contributed by atoms with Crippen molar-refractivity contribution < 1.29 is 0 Å². The molecule has 0 spiro atoms. The van der Waals surface area contributed by atoms with Gasteiger partial charge in [-0.05, 0) is 31.5 Å². The summed E-state index contributed by atoms with van der Waals surface area (Å²) >= 11 is 0. The van der Waals surface area contributed by atoms with E-state index in [2.05, 4.69) is 54.7 Å². The second kappa shape index (κ2) is 2.66. The van der Waals surface area contributed by atoms with Crippen LogP contribution in [0.15, 0.2) is 24.3 Å². The highest BCUT2D eigenvalue weighted by atomic mass is 15.0. The van der Waals surface area contributed by atoms with Crippen LogP contribution in [0.25, 0.3) is 21.9 Å². The van der Waals surface area contributed by atoms with Gasteiger partial charge in [-0.2, -0.15) is 0 Å². The van der Waals surface area contributed by atoms with Gasteiger partial charge in [0.2, 0.25) is 0 Å². The van der Waals surface area contributed by atoms with Crippen LogP contribution < -0.4 is 0 Å². The number of H-pyrrole nitrogens is 1. The Hall–Kier alpha value is -1.70. The average molecular weight is 198 g/mol. The molecule has 2 heterocycles. The molecule has 0 amide bonds. The van der Waals surface area contributed by atoms with Gasteiger partial charge in [0.1, 0.15) is 0 Å². The molecule has 3 rings (SSSR count). The fourth-order valence-electron chi connectivity index (χ4n) is 2.30. The summed E-state index contributed by atoms with van der Waals surface area (Å²) in [6.45, 7) is 4.23. The topological polar surface area (TPSA) is 20.7 Å². The van der Waals surface area contributed by atoms with E-state index in [-0.39, 0.29) is 0 Å². The number of nitrogens with one attached hydrogen (secondary N) is 1. The molecule has 0 radical (unpaired) electrons. The monoisotopic (exact) mass is 198 g/mol. The van der Waals surface area contributed by atoms with Gasteiger partial charge in [-0.1, -0.05) is 12.1 Å². The number of aryl methyl sites for hydroxylation is 3. The molecule has 15 heavy (non-hydrogen) atoms. The molecule has 1 N–H and O–H groups in total. The highest BCUT2D eigenvalue weighted by molar-refractivity contribution is 6.06. The summed E-state index contributed by atoms with van der Waals surface area (Å²) < 4.78 is 2.25. The fraction of sp³-hybridized carbons (Fsp3) is 0.231. The molecule has 76 valence electrons. The average Bonchev–Trinajstić information content (AvgIpc) is 2.67. The Labute approximate surface area is 88.5 Å². The highest BCUT2D eigenvalue weighted by Crippen LogP contribution is 2.28. The number of hydrogen-bond acceptors (Lipinski definition) is 0. The minimum Gasteiger partial charge on any atom is -0.357 e. The van der Waals surface area contributed by atoms with E-state index < -0.39 is 0 Å². The molecule has 2 nitrogen and oxygen atoms in total. The summed E-state index contributed by atoms with van der Waals surface area (Å²) in [5, 5.41) is 1.31.